The second kappa shape index (κ2) is 8.32. The van der Waals surface area contributed by atoms with Crippen LogP contribution in [0.2, 0.25) is 0 Å². The van der Waals surface area contributed by atoms with Crippen LogP contribution in [0.5, 0.6) is 11.5 Å². The van der Waals surface area contributed by atoms with Gasteiger partial charge in [0.2, 0.25) is 0 Å². The number of benzene rings is 2. The summed E-state index contributed by atoms with van der Waals surface area (Å²) in [6, 6.07) is 9.57. The van der Waals surface area contributed by atoms with Gasteiger partial charge in [0.15, 0.2) is 11.5 Å². The molecule has 25 heavy (non-hydrogen) atoms. The van der Waals surface area contributed by atoms with Crippen molar-refractivity contribution in [1.82, 2.24) is 5.32 Å². The maximum atomic E-state index is 13.0. The molecule has 0 radical (unpaired) electrons. The summed E-state index contributed by atoms with van der Waals surface area (Å²) in [6.07, 6.45) is -0.733. The van der Waals surface area contributed by atoms with Crippen LogP contribution in [0.1, 0.15) is 42.7 Å². The number of methoxy groups -OCH3 is 2. The Balaban J connectivity index is 2.15. The van der Waals surface area contributed by atoms with Gasteiger partial charge in [-0.2, -0.15) is 0 Å². The van der Waals surface area contributed by atoms with Crippen molar-refractivity contribution >= 4 is 0 Å². The third-order valence-electron chi connectivity index (χ3n) is 4.44. The lowest BCUT2D eigenvalue weighted by atomic mass is 9.98. The number of aliphatic hydroxyl groups is 1. The van der Waals surface area contributed by atoms with Gasteiger partial charge in [-0.15, -0.1) is 0 Å². The molecule has 136 valence electrons. The standard InChI is InChI=1S/C20H26FNO3/c1-12-10-18(24-4)19(25-5)11-17(12)13(2)22-14(3)20(23)15-6-8-16(21)9-7-15/h6-11,13-14,20,22-23H,1-5H3. The number of hydrogen-bond donors (Lipinski definition) is 2. The fraction of sp³-hybridized carbons (Fsp3) is 0.400. The van der Waals surface area contributed by atoms with Gasteiger partial charge in [0.25, 0.3) is 0 Å². The van der Waals surface area contributed by atoms with E-state index in [1.54, 1.807) is 26.4 Å². The number of aliphatic hydroxyl groups excluding tert-OH is 1. The summed E-state index contributed by atoms with van der Waals surface area (Å²) in [5, 5.41) is 13.9. The summed E-state index contributed by atoms with van der Waals surface area (Å²) < 4.78 is 23.7. The van der Waals surface area contributed by atoms with Crippen molar-refractivity contribution in [2.75, 3.05) is 14.2 Å². The molecule has 0 amide bonds. The van der Waals surface area contributed by atoms with E-state index in [9.17, 15) is 9.50 Å². The molecule has 0 fully saturated rings. The maximum absolute atomic E-state index is 13.0. The van der Waals surface area contributed by atoms with Crippen molar-refractivity contribution in [3.63, 3.8) is 0 Å². The highest BCUT2D eigenvalue weighted by Crippen LogP contribution is 2.33. The van der Waals surface area contributed by atoms with Crippen LogP contribution in [0.4, 0.5) is 4.39 Å². The molecular weight excluding hydrogens is 321 g/mol. The third kappa shape index (κ3) is 4.50. The van der Waals surface area contributed by atoms with Gasteiger partial charge in [-0.3, -0.25) is 0 Å². The summed E-state index contributed by atoms with van der Waals surface area (Å²) in [7, 11) is 3.22. The van der Waals surface area contributed by atoms with Crippen LogP contribution >= 0.6 is 0 Å². The van der Waals surface area contributed by atoms with E-state index in [0.29, 0.717) is 17.1 Å². The minimum Gasteiger partial charge on any atom is -0.493 e. The summed E-state index contributed by atoms with van der Waals surface area (Å²) in [4.78, 5) is 0. The monoisotopic (exact) mass is 347 g/mol. The maximum Gasteiger partial charge on any atom is 0.161 e. The first kappa shape index (κ1) is 19.2. The first-order valence-electron chi connectivity index (χ1n) is 8.29. The van der Waals surface area contributed by atoms with Crippen molar-refractivity contribution in [2.24, 2.45) is 0 Å². The van der Waals surface area contributed by atoms with Gasteiger partial charge in [-0.1, -0.05) is 12.1 Å². The van der Waals surface area contributed by atoms with Crippen molar-refractivity contribution in [3.05, 3.63) is 58.9 Å². The Morgan fingerprint density at radius 1 is 1.00 bits per heavy atom. The summed E-state index contributed by atoms with van der Waals surface area (Å²) in [6.45, 7) is 5.94. The zero-order valence-electron chi connectivity index (χ0n) is 15.3. The number of nitrogens with one attached hydrogen (secondary N) is 1. The quantitative estimate of drug-likeness (QED) is 0.797. The Kier molecular flexibility index (Phi) is 6.39. The van der Waals surface area contributed by atoms with E-state index in [2.05, 4.69) is 5.32 Å². The molecule has 0 heterocycles. The lowest BCUT2D eigenvalue weighted by Gasteiger charge is -2.26. The molecule has 2 aromatic carbocycles. The summed E-state index contributed by atoms with van der Waals surface area (Å²) in [5.74, 6) is 1.05. The van der Waals surface area contributed by atoms with Gasteiger partial charge in [0.1, 0.15) is 5.82 Å². The molecule has 0 saturated heterocycles. The van der Waals surface area contributed by atoms with Gasteiger partial charge >= 0.3 is 0 Å². The Morgan fingerprint density at radius 3 is 2.12 bits per heavy atom. The molecular formula is C20H26FNO3. The van der Waals surface area contributed by atoms with E-state index in [4.69, 9.17) is 9.47 Å². The third-order valence-corrected chi connectivity index (χ3v) is 4.44. The van der Waals surface area contributed by atoms with Crippen molar-refractivity contribution in [2.45, 2.75) is 39.0 Å². The van der Waals surface area contributed by atoms with Crippen LogP contribution in [-0.2, 0) is 0 Å². The zero-order valence-corrected chi connectivity index (χ0v) is 15.3. The molecule has 3 atom stereocenters. The van der Waals surface area contributed by atoms with E-state index >= 15 is 0 Å². The van der Waals surface area contributed by atoms with Gasteiger partial charge < -0.3 is 19.9 Å². The number of hydrogen-bond acceptors (Lipinski definition) is 4. The fourth-order valence-electron chi connectivity index (χ4n) is 2.99. The Bertz CT molecular complexity index is 703. The zero-order chi connectivity index (χ0) is 18.6. The van der Waals surface area contributed by atoms with Crippen molar-refractivity contribution in [3.8, 4) is 11.5 Å². The number of aryl methyl sites for hydroxylation is 1. The number of ether oxygens (including phenoxy) is 2. The first-order valence-corrected chi connectivity index (χ1v) is 8.29. The second-order valence-electron chi connectivity index (χ2n) is 6.24. The summed E-state index contributed by atoms with van der Waals surface area (Å²) in [5.41, 5.74) is 2.81. The molecule has 5 heteroatoms. The SMILES string of the molecule is COc1cc(C)c(C(C)NC(C)C(O)c2ccc(F)cc2)cc1OC. The van der Waals surface area contributed by atoms with Crippen LogP contribution < -0.4 is 14.8 Å². The molecule has 0 spiro atoms. The van der Waals surface area contributed by atoms with Crippen LogP contribution in [0, 0.1) is 12.7 Å². The predicted octanol–water partition coefficient (Wildman–Crippen LogP) is 3.92. The highest BCUT2D eigenvalue weighted by atomic mass is 19.1. The van der Waals surface area contributed by atoms with E-state index in [0.717, 1.165) is 11.1 Å². The van der Waals surface area contributed by atoms with Crippen LogP contribution in [0.3, 0.4) is 0 Å². The van der Waals surface area contributed by atoms with E-state index in [1.165, 1.54) is 12.1 Å². The van der Waals surface area contributed by atoms with Gasteiger partial charge in [-0.25, -0.2) is 4.39 Å². The number of rotatable bonds is 7. The molecule has 2 N–H and O–H groups in total. The van der Waals surface area contributed by atoms with Gasteiger partial charge in [0, 0.05) is 12.1 Å². The fourth-order valence-corrected chi connectivity index (χ4v) is 2.99. The number of halogens is 1. The summed E-state index contributed by atoms with van der Waals surface area (Å²) >= 11 is 0. The van der Waals surface area contributed by atoms with Crippen LogP contribution in [0.25, 0.3) is 0 Å². The molecule has 0 aliphatic carbocycles. The van der Waals surface area contributed by atoms with E-state index in [1.807, 2.05) is 32.9 Å². The molecule has 0 aliphatic rings. The molecule has 4 nitrogen and oxygen atoms in total. The molecule has 2 rings (SSSR count). The smallest absolute Gasteiger partial charge is 0.161 e. The molecule has 3 unspecified atom stereocenters. The highest BCUT2D eigenvalue weighted by Gasteiger charge is 2.21. The normalized spacial score (nSPS) is 14.7. The second-order valence-corrected chi connectivity index (χ2v) is 6.24. The topological polar surface area (TPSA) is 50.7 Å². The lowest BCUT2D eigenvalue weighted by Crippen LogP contribution is -2.34. The molecule has 0 bridgehead atoms. The largest absolute Gasteiger partial charge is 0.493 e. The van der Waals surface area contributed by atoms with Crippen LogP contribution in [-0.4, -0.2) is 25.4 Å². The van der Waals surface area contributed by atoms with Gasteiger partial charge in [0.05, 0.1) is 20.3 Å². The minimum absolute atomic E-state index is 0.00935. The first-order chi connectivity index (χ1) is 11.9. The van der Waals surface area contributed by atoms with Gasteiger partial charge in [-0.05, 0) is 61.7 Å². The Labute approximate surface area is 148 Å². The minimum atomic E-state index is -0.733. The highest BCUT2D eigenvalue weighted by molar-refractivity contribution is 5.48. The molecule has 2 aromatic rings. The lowest BCUT2D eigenvalue weighted by molar-refractivity contribution is 0.130. The molecule has 0 aliphatic heterocycles. The van der Waals surface area contributed by atoms with E-state index in [-0.39, 0.29) is 17.9 Å². The predicted molar refractivity (Wildman–Crippen MR) is 96.7 cm³/mol. The van der Waals surface area contributed by atoms with E-state index < -0.39 is 6.10 Å². The van der Waals surface area contributed by atoms with Crippen molar-refractivity contribution in [1.29, 1.82) is 0 Å². The molecule has 0 saturated carbocycles. The van der Waals surface area contributed by atoms with Crippen LogP contribution in [0.15, 0.2) is 36.4 Å². The molecule has 0 aromatic heterocycles. The Morgan fingerprint density at radius 2 is 1.56 bits per heavy atom. The van der Waals surface area contributed by atoms with Crippen molar-refractivity contribution < 1.29 is 19.0 Å². The average molecular weight is 347 g/mol. The Hall–Kier alpha value is -2.11. The average Bonchev–Trinajstić information content (AvgIpc) is 2.61.